The Bertz CT molecular complexity index is 1750. The number of benzene rings is 3. The van der Waals surface area contributed by atoms with Gasteiger partial charge >= 0.3 is 5.97 Å². The molecular formula is C28H19N3O4S. The zero-order valence-electron chi connectivity index (χ0n) is 19.1. The molecule has 0 bridgehead atoms. The van der Waals surface area contributed by atoms with Crippen molar-refractivity contribution in [1.82, 2.24) is 14.6 Å². The van der Waals surface area contributed by atoms with Gasteiger partial charge in [0.1, 0.15) is 17.6 Å². The number of carbonyl (C=O) groups is 1. The number of ether oxygens (including phenoxy) is 2. The molecule has 0 radical (unpaired) electrons. The summed E-state index contributed by atoms with van der Waals surface area (Å²) in [6, 6.07) is 24.7. The van der Waals surface area contributed by atoms with E-state index in [0.29, 0.717) is 26.6 Å². The summed E-state index contributed by atoms with van der Waals surface area (Å²) in [5.74, 6) is 1.02. The van der Waals surface area contributed by atoms with Crippen molar-refractivity contribution in [2.24, 2.45) is 0 Å². The third-order valence-corrected chi connectivity index (χ3v) is 6.71. The summed E-state index contributed by atoms with van der Waals surface area (Å²) in [5, 5.41) is 4.42. The maximum atomic E-state index is 13.3. The van der Waals surface area contributed by atoms with Gasteiger partial charge in [0, 0.05) is 12.5 Å². The number of hydrogen-bond acceptors (Lipinski definition) is 7. The number of carbonyl (C=O) groups excluding carboxylic acids is 1. The molecule has 3 aromatic carbocycles. The highest BCUT2D eigenvalue weighted by Crippen LogP contribution is 2.38. The number of aromatic nitrogens is 3. The second-order valence-corrected chi connectivity index (χ2v) is 9.24. The lowest BCUT2D eigenvalue weighted by molar-refractivity contribution is -0.131. The second-order valence-electron chi connectivity index (χ2n) is 8.23. The molecular weight excluding hydrogens is 474 g/mol. The summed E-state index contributed by atoms with van der Waals surface area (Å²) >= 11 is 1.25. The van der Waals surface area contributed by atoms with Crippen LogP contribution in [0.3, 0.4) is 0 Å². The number of fused-ring (bicyclic) bond motifs is 2. The molecule has 0 aliphatic carbocycles. The van der Waals surface area contributed by atoms with E-state index in [1.54, 1.807) is 24.3 Å². The fraction of sp³-hybridized carbons (Fsp3) is 0.0714. The molecule has 0 N–H and O–H groups in total. The Labute approximate surface area is 209 Å². The molecule has 1 aliphatic heterocycles. The molecule has 7 nitrogen and oxygen atoms in total. The van der Waals surface area contributed by atoms with Crippen LogP contribution < -0.4 is 19.6 Å². The maximum absolute atomic E-state index is 13.3. The van der Waals surface area contributed by atoms with Crippen LogP contribution in [0.25, 0.3) is 28.5 Å². The Hall–Kier alpha value is -4.56. The van der Waals surface area contributed by atoms with Gasteiger partial charge in [0.2, 0.25) is 4.96 Å². The Morgan fingerprint density at radius 1 is 1.03 bits per heavy atom. The van der Waals surface area contributed by atoms with Gasteiger partial charge in [0.15, 0.2) is 5.82 Å². The van der Waals surface area contributed by atoms with E-state index in [2.05, 4.69) is 10.1 Å². The van der Waals surface area contributed by atoms with E-state index in [4.69, 9.17) is 9.47 Å². The van der Waals surface area contributed by atoms with Gasteiger partial charge < -0.3 is 9.47 Å². The first kappa shape index (κ1) is 21.9. The number of thiazole rings is 1. The van der Waals surface area contributed by atoms with Crippen LogP contribution in [0.2, 0.25) is 0 Å². The SMILES string of the molecule is CC(=O)Oc1ccccc1-c1nc2sc(=CC3=Cc4ccccc4OC3c3ccccc3)c(=O)n2n1. The molecule has 0 saturated heterocycles. The molecule has 3 heterocycles. The van der Waals surface area contributed by atoms with E-state index >= 15 is 0 Å². The minimum Gasteiger partial charge on any atom is -0.480 e. The smallest absolute Gasteiger partial charge is 0.308 e. The molecule has 0 saturated carbocycles. The fourth-order valence-corrected chi connectivity index (χ4v) is 5.07. The van der Waals surface area contributed by atoms with Crippen LogP contribution in [-0.2, 0) is 4.79 Å². The van der Waals surface area contributed by atoms with Crippen LogP contribution in [0.4, 0.5) is 0 Å². The highest BCUT2D eigenvalue weighted by atomic mass is 32.1. The lowest BCUT2D eigenvalue weighted by Crippen LogP contribution is -2.25. The predicted octanol–water partition coefficient (Wildman–Crippen LogP) is 4.46. The standard InChI is InChI=1S/C28H19N3O4S/c1-17(32)34-23-14-8-6-12-21(23)26-29-28-31(30-26)27(33)24(36-28)16-20-15-19-11-5-7-13-22(19)35-25(20)18-9-3-2-4-10-18/h2-16,25H,1H3. The molecule has 36 heavy (non-hydrogen) atoms. The van der Waals surface area contributed by atoms with Crippen LogP contribution in [-0.4, -0.2) is 20.6 Å². The van der Waals surface area contributed by atoms with Crippen molar-refractivity contribution in [2.75, 3.05) is 0 Å². The minimum absolute atomic E-state index is 0.273. The third kappa shape index (κ3) is 3.97. The summed E-state index contributed by atoms with van der Waals surface area (Å²) in [5.41, 5.74) is 3.07. The summed E-state index contributed by atoms with van der Waals surface area (Å²) in [6.07, 6.45) is 3.55. The molecule has 5 aromatic rings. The van der Waals surface area contributed by atoms with Crippen molar-refractivity contribution in [2.45, 2.75) is 13.0 Å². The van der Waals surface area contributed by atoms with Crippen LogP contribution in [0.1, 0.15) is 24.2 Å². The minimum atomic E-state index is -0.442. The Morgan fingerprint density at radius 2 is 1.78 bits per heavy atom. The molecule has 6 rings (SSSR count). The summed E-state index contributed by atoms with van der Waals surface area (Å²) in [4.78, 5) is 29.8. The average Bonchev–Trinajstić information content (AvgIpc) is 3.43. The summed E-state index contributed by atoms with van der Waals surface area (Å²) in [7, 11) is 0. The largest absolute Gasteiger partial charge is 0.480 e. The first-order chi connectivity index (χ1) is 17.6. The van der Waals surface area contributed by atoms with Crippen molar-refractivity contribution in [3.05, 3.63) is 110 Å². The number of hydrogen-bond donors (Lipinski definition) is 0. The second kappa shape index (κ2) is 8.90. The number of para-hydroxylation sites is 2. The quantitative estimate of drug-likeness (QED) is 0.272. The van der Waals surface area contributed by atoms with Gasteiger partial charge in [-0.3, -0.25) is 9.59 Å². The van der Waals surface area contributed by atoms with E-state index in [1.807, 2.05) is 66.7 Å². The van der Waals surface area contributed by atoms with Gasteiger partial charge in [-0.2, -0.15) is 9.50 Å². The van der Waals surface area contributed by atoms with Crippen LogP contribution in [0.5, 0.6) is 11.5 Å². The third-order valence-electron chi connectivity index (χ3n) is 5.75. The molecule has 0 spiro atoms. The van der Waals surface area contributed by atoms with Crippen molar-refractivity contribution in [3.8, 4) is 22.9 Å². The van der Waals surface area contributed by atoms with E-state index in [1.165, 1.54) is 22.8 Å². The lowest BCUT2D eigenvalue weighted by atomic mass is 9.96. The van der Waals surface area contributed by atoms with Gasteiger partial charge in [-0.15, -0.1) is 5.10 Å². The first-order valence-corrected chi connectivity index (χ1v) is 12.1. The molecule has 8 heteroatoms. The summed E-state index contributed by atoms with van der Waals surface area (Å²) < 4.78 is 13.4. The zero-order valence-corrected chi connectivity index (χ0v) is 19.9. The average molecular weight is 494 g/mol. The Kier molecular flexibility index (Phi) is 5.42. The molecule has 0 fully saturated rings. The highest BCUT2D eigenvalue weighted by Gasteiger charge is 2.24. The van der Waals surface area contributed by atoms with E-state index in [9.17, 15) is 9.59 Å². The van der Waals surface area contributed by atoms with Gasteiger partial charge in [-0.1, -0.05) is 72.0 Å². The predicted molar refractivity (Wildman–Crippen MR) is 138 cm³/mol. The Morgan fingerprint density at radius 3 is 2.58 bits per heavy atom. The zero-order chi connectivity index (χ0) is 24.6. The van der Waals surface area contributed by atoms with Crippen LogP contribution in [0.15, 0.2) is 89.2 Å². The topological polar surface area (TPSA) is 82.8 Å². The van der Waals surface area contributed by atoms with Crippen LogP contribution in [0, 0.1) is 0 Å². The van der Waals surface area contributed by atoms with Crippen LogP contribution >= 0.6 is 11.3 Å². The van der Waals surface area contributed by atoms with Crippen molar-refractivity contribution >= 4 is 34.4 Å². The summed E-state index contributed by atoms with van der Waals surface area (Å²) in [6.45, 7) is 1.33. The number of esters is 1. The number of nitrogens with zero attached hydrogens (tertiary/aromatic N) is 3. The maximum Gasteiger partial charge on any atom is 0.308 e. The van der Waals surface area contributed by atoms with E-state index in [0.717, 1.165) is 22.4 Å². The monoisotopic (exact) mass is 493 g/mol. The normalized spacial score (nSPS) is 15.3. The molecule has 1 aliphatic rings. The first-order valence-electron chi connectivity index (χ1n) is 11.3. The number of rotatable bonds is 4. The molecule has 176 valence electrons. The van der Waals surface area contributed by atoms with Gasteiger partial charge in [0.25, 0.3) is 5.56 Å². The van der Waals surface area contributed by atoms with Crippen molar-refractivity contribution < 1.29 is 14.3 Å². The van der Waals surface area contributed by atoms with Crippen molar-refractivity contribution in [3.63, 3.8) is 0 Å². The highest BCUT2D eigenvalue weighted by molar-refractivity contribution is 7.15. The van der Waals surface area contributed by atoms with Gasteiger partial charge in [0.05, 0.1) is 10.1 Å². The van der Waals surface area contributed by atoms with Gasteiger partial charge in [-0.25, -0.2) is 0 Å². The Balaban J connectivity index is 1.45. The van der Waals surface area contributed by atoms with Gasteiger partial charge in [-0.05, 0) is 41.5 Å². The molecule has 1 unspecified atom stereocenters. The van der Waals surface area contributed by atoms with Crippen molar-refractivity contribution in [1.29, 1.82) is 0 Å². The fourth-order valence-electron chi connectivity index (χ4n) is 4.16. The lowest BCUT2D eigenvalue weighted by Gasteiger charge is -2.26. The molecule has 2 aromatic heterocycles. The molecule has 1 atom stereocenters. The molecule has 0 amide bonds. The van der Waals surface area contributed by atoms with E-state index in [-0.39, 0.29) is 11.7 Å². The van der Waals surface area contributed by atoms with E-state index < -0.39 is 5.97 Å².